The molecule has 0 fully saturated rings. The summed E-state index contributed by atoms with van der Waals surface area (Å²) in [4.78, 5) is 0. The Morgan fingerprint density at radius 2 is 1.91 bits per heavy atom. The molecule has 116 valence electrons. The molecular formula is C17H19NO3S. The number of hydrogen-bond acceptors (Lipinski definition) is 3. The van der Waals surface area contributed by atoms with E-state index in [9.17, 15) is 8.42 Å². The lowest BCUT2D eigenvalue weighted by molar-refractivity contribution is 0.357. The zero-order valence-corrected chi connectivity index (χ0v) is 13.1. The zero-order chi connectivity index (χ0) is 15.4. The third-order valence-corrected chi connectivity index (χ3v) is 5.06. The number of aryl methyl sites for hydroxylation is 1. The van der Waals surface area contributed by atoms with Crippen LogP contribution in [0.25, 0.3) is 0 Å². The summed E-state index contributed by atoms with van der Waals surface area (Å²) in [5.74, 6) is 0.974. The van der Waals surface area contributed by atoms with Gasteiger partial charge in [0.2, 0.25) is 10.0 Å². The van der Waals surface area contributed by atoms with Crippen molar-refractivity contribution in [2.75, 3.05) is 17.1 Å². The Bertz CT molecular complexity index is 742. The minimum Gasteiger partial charge on any atom is -0.493 e. The van der Waals surface area contributed by atoms with Crippen molar-refractivity contribution in [3.8, 4) is 5.75 Å². The van der Waals surface area contributed by atoms with E-state index in [1.807, 2.05) is 42.5 Å². The molecule has 3 rings (SSSR count). The van der Waals surface area contributed by atoms with Crippen molar-refractivity contribution in [2.45, 2.75) is 19.3 Å². The normalized spacial score (nSPS) is 13.5. The predicted molar refractivity (Wildman–Crippen MR) is 87.8 cm³/mol. The second-order valence-corrected chi connectivity index (χ2v) is 7.27. The first-order valence-corrected chi connectivity index (χ1v) is 9.08. The lowest BCUT2D eigenvalue weighted by atomic mass is 10.1. The largest absolute Gasteiger partial charge is 0.493 e. The highest BCUT2D eigenvalue weighted by Gasteiger charge is 2.15. The average molecular weight is 317 g/mol. The molecule has 22 heavy (non-hydrogen) atoms. The molecule has 0 unspecified atom stereocenters. The highest BCUT2D eigenvalue weighted by molar-refractivity contribution is 7.92. The van der Waals surface area contributed by atoms with Crippen LogP contribution in [0.3, 0.4) is 0 Å². The number of nitrogens with one attached hydrogen (secondary N) is 1. The summed E-state index contributed by atoms with van der Waals surface area (Å²) in [6, 6.07) is 15.4. The Morgan fingerprint density at radius 1 is 1.09 bits per heavy atom. The van der Waals surface area contributed by atoms with E-state index in [0.29, 0.717) is 18.7 Å². The predicted octanol–water partition coefficient (Wildman–Crippen LogP) is 3.00. The Morgan fingerprint density at radius 3 is 2.73 bits per heavy atom. The molecule has 0 saturated carbocycles. The van der Waals surface area contributed by atoms with E-state index in [-0.39, 0.29) is 5.75 Å². The van der Waals surface area contributed by atoms with Gasteiger partial charge in [-0.05, 0) is 42.2 Å². The van der Waals surface area contributed by atoms with Crippen LogP contribution in [0.15, 0.2) is 48.5 Å². The molecule has 1 aliphatic rings. The van der Waals surface area contributed by atoms with Gasteiger partial charge < -0.3 is 4.74 Å². The van der Waals surface area contributed by atoms with Crippen LogP contribution in [-0.2, 0) is 22.9 Å². The lowest BCUT2D eigenvalue weighted by Crippen LogP contribution is -2.17. The van der Waals surface area contributed by atoms with Crippen molar-refractivity contribution in [3.63, 3.8) is 0 Å². The van der Waals surface area contributed by atoms with Crippen LogP contribution in [0.4, 0.5) is 5.69 Å². The number of benzene rings is 2. The van der Waals surface area contributed by atoms with E-state index < -0.39 is 10.0 Å². The van der Waals surface area contributed by atoms with Gasteiger partial charge in [0.05, 0.1) is 12.4 Å². The van der Waals surface area contributed by atoms with Crippen LogP contribution in [0.5, 0.6) is 5.75 Å². The fourth-order valence-corrected chi connectivity index (χ4v) is 3.70. The Balaban J connectivity index is 1.57. The van der Waals surface area contributed by atoms with Gasteiger partial charge in [-0.2, -0.15) is 0 Å². The first kappa shape index (κ1) is 14.9. The van der Waals surface area contributed by atoms with Gasteiger partial charge in [0.25, 0.3) is 0 Å². The van der Waals surface area contributed by atoms with Crippen molar-refractivity contribution < 1.29 is 13.2 Å². The molecule has 1 heterocycles. The van der Waals surface area contributed by atoms with Gasteiger partial charge in [0.15, 0.2) is 0 Å². The maximum atomic E-state index is 12.1. The first-order valence-electron chi connectivity index (χ1n) is 7.42. The molecule has 0 spiro atoms. The molecule has 0 bridgehead atoms. The molecule has 2 aromatic rings. The van der Waals surface area contributed by atoms with E-state index in [2.05, 4.69) is 4.72 Å². The van der Waals surface area contributed by atoms with Crippen molar-refractivity contribution in [1.82, 2.24) is 0 Å². The molecule has 2 aromatic carbocycles. The maximum Gasteiger partial charge on any atom is 0.232 e. The number of sulfonamides is 1. The fourth-order valence-electron chi connectivity index (χ4n) is 2.59. The van der Waals surface area contributed by atoms with E-state index in [1.165, 1.54) is 0 Å². The minimum absolute atomic E-state index is 0.121. The second kappa shape index (κ2) is 6.40. The van der Waals surface area contributed by atoms with E-state index in [4.69, 9.17) is 4.74 Å². The van der Waals surface area contributed by atoms with Gasteiger partial charge in [-0.3, -0.25) is 4.72 Å². The highest BCUT2D eigenvalue weighted by atomic mass is 32.2. The molecule has 0 saturated heterocycles. The molecule has 1 aliphatic heterocycles. The summed E-state index contributed by atoms with van der Waals surface area (Å²) in [7, 11) is -3.31. The Labute approximate surface area is 131 Å². The molecule has 1 N–H and O–H groups in total. The van der Waals surface area contributed by atoms with Crippen LogP contribution in [0.1, 0.15) is 17.5 Å². The van der Waals surface area contributed by atoms with Gasteiger partial charge >= 0.3 is 0 Å². The van der Waals surface area contributed by atoms with Crippen LogP contribution >= 0.6 is 0 Å². The number of hydrogen-bond donors (Lipinski definition) is 1. The summed E-state index contributed by atoms with van der Waals surface area (Å²) in [5.41, 5.74) is 2.83. The number of anilines is 1. The molecule has 0 radical (unpaired) electrons. The van der Waals surface area contributed by atoms with Crippen molar-refractivity contribution in [3.05, 3.63) is 59.7 Å². The summed E-state index contributed by atoms with van der Waals surface area (Å²) in [5, 5.41) is 0. The molecule has 4 nitrogen and oxygen atoms in total. The second-order valence-electron chi connectivity index (χ2n) is 5.43. The molecule has 0 atom stereocenters. The standard InChI is InChI=1S/C17H19NO3S/c19-22(20,12-4-7-14-5-2-1-3-6-14)18-16-8-9-17-15(13-16)10-11-21-17/h1-3,5-6,8-9,13,18H,4,7,10-12H2. The third-order valence-electron chi connectivity index (χ3n) is 3.68. The first-order chi connectivity index (χ1) is 10.6. The monoisotopic (exact) mass is 317 g/mol. The van der Waals surface area contributed by atoms with Crippen LogP contribution in [0, 0.1) is 0 Å². The summed E-state index contributed by atoms with van der Waals surface area (Å²) < 4.78 is 32.4. The maximum absolute atomic E-state index is 12.1. The number of rotatable bonds is 6. The van der Waals surface area contributed by atoms with Gasteiger partial charge in [0, 0.05) is 12.1 Å². The van der Waals surface area contributed by atoms with E-state index in [0.717, 1.165) is 29.7 Å². The van der Waals surface area contributed by atoms with Gasteiger partial charge in [-0.15, -0.1) is 0 Å². The van der Waals surface area contributed by atoms with Crippen molar-refractivity contribution >= 4 is 15.7 Å². The highest BCUT2D eigenvalue weighted by Crippen LogP contribution is 2.28. The molecular weight excluding hydrogens is 298 g/mol. The topological polar surface area (TPSA) is 55.4 Å². The smallest absolute Gasteiger partial charge is 0.232 e. The minimum atomic E-state index is -3.31. The van der Waals surface area contributed by atoms with Crippen molar-refractivity contribution in [2.24, 2.45) is 0 Å². The summed E-state index contributed by atoms with van der Waals surface area (Å²) >= 11 is 0. The number of ether oxygens (including phenoxy) is 1. The van der Waals surface area contributed by atoms with Gasteiger partial charge in [-0.1, -0.05) is 30.3 Å². The van der Waals surface area contributed by atoms with E-state index in [1.54, 1.807) is 6.07 Å². The quantitative estimate of drug-likeness (QED) is 0.891. The van der Waals surface area contributed by atoms with Gasteiger partial charge in [-0.25, -0.2) is 8.42 Å². The lowest BCUT2D eigenvalue weighted by Gasteiger charge is -2.09. The van der Waals surface area contributed by atoms with Crippen molar-refractivity contribution in [1.29, 1.82) is 0 Å². The Kier molecular flexibility index (Phi) is 4.34. The molecule has 5 heteroatoms. The van der Waals surface area contributed by atoms with Crippen LogP contribution < -0.4 is 9.46 Å². The summed E-state index contributed by atoms with van der Waals surface area (Å²) in [6.45, 7) is 0.669. The molecule has 0 amide bonds. The molecule has 0 aliphatic carbocycles. The summed E-state index contributed by atoms with van der Waals surface area (Å²) in [6.07, 6.45) is 2.20. The SMILES string of the molecule is O=S(=O)(CCCc1ccccc1)Nc1ccc2c(c1)CCO2. The third kappa shape index (κ3) is 3.80. The van der Waals surface area contributed by atoms with Crippen LogP contribution in [-0.4, -0.2) is 20.8 Å². The number of fused-ring (bicyclic) bond motifs is 1. The molecule has 0 aromatic heterocycles. The zero-order valence-electron chi connectivity index (χ0n) is 12.3. The fraction of sp³-hybridized carbons (Fsp3) is 0.294. The van der Waals surface area contributed by atoms with E-state index >= 15 is 0 Å². The Hall–Kier alpha value is -2.01. The van der Waals surface area contributed by atoms with Gasteiger partial charge in [0.1, 0.15) is 5.75 Å². The average Bonchev–Trinajstić information content (AvgIpc) is 2.95. The van der Waals surface area contributed by atoms with Crippen LogP contribution in [0.2, 0.25) is 0 Å².